The molecule has 0 saturated carbocycles. The van der Waals surface area contributed by atoms with Gasteiger partial charge in [0.1, 0.15) is 5.71 Å². The number of hydrogen-bond donors (Lipinski definition) is 1. The summed E-state index contributed by atoms with van der Waals surface area (Å²) < 4.78 is 11.5. The molecule has 0 bridgehead atoms. The normalized spacial score (nSPS) is 18.8. The van der Waals surface area contributed by atoms with Crippen molar-refractivity contribution in [2.75, 3.05) is 6.61 Å². The largest absolute Gasteiger partial charge is 0.410 e. The van der Waals surface area contributed by atoms with Crippen molar-refractivity contribution in [2.45, 2.75) is 32.2 Å². The Balaban J connectivity index is 1.79. The lowest BCUT2D eigenvalue weighted by Crippen LogP contribution is -2.22. The van der Waals surface area contributed by atoms with Crippen molar-refractivity contribution in [3.8, 4) is 0 Å². The summed E-state index contributed by atoms with van der Waals surface area (Å²) in [5, 5.41) is 13.0. The fraction of sp³-hybridized carbons (Fsp3) is 0.316. The van der Waals surface area contributed by atoms with Gasteiger partial charge in [0.05, 0.1) is 6.61 Å². The highest BCUT2D eigenvalue weighted by molar-refractivity contribution is 6.13. The minimum Gasteiger partial charge on any atom is -0.410 e. The van der Waals surface area contributed by atoms with Crippen LogP contribution in [0.5, 0.6) is 0 Å². The Hall–Kier alpha value is -2.17. The molecular formula is C19H21NO3. The van der Waals surface area contributed by atoms with Crippen molar-refractivity contribution in [1.82, 2.24) is 0 Å². The van der Waals surface area contributed by atoms with Crippen LogP contribution in [0.3, 0.4) is 0 Å². The Morgan fingerprint density at radius 2 is 1.87 bits per heavy atom. The van der Waals surface area contributed by atoms with Crippen molar-refractivity contribution >= 4 is 5.71 Å². The molecule has 0 aliphatic carbocycles. The van der Waals surface area contributed by atoms with Crippen LogP contribution in [0.25, 0.3) is 0 Å². The minimum atomic E-state index is -0.136. The second-order valence-electron chi connectivity index (χ2n) is 5.58. The van der Waals surface area contributed by atoms with Crippen molar-refractivity contribution in [3.63, 3.8) is 0 Å². The maximum absolute atomic E-state index is 9.50. The fourth-order valence-corrected chi connectivity index (χ4v) is 2.77. The third-order valence-electron chi connectivity index (χ3n) is 3.98. The summed E-state index contributed by atoms with van der Waals surface area (Å²) in [6.07, 6.45) is 3.04. The Bertz CT molecular complexity index is 649. The Morgan fingerprint density at radius 1 is 1.09 bits per heavy atom. The number of oxime groups is 1. The first-order chi connectivity index (χ1) is 11.4. The van der Waals surface area contributed by atoms with E-state index in [1.807, 2.05) is 54.6 Å². The molecule has 1 atom stereocenters. The maximum Gasteiger partial charge on any atom is 0.158 e. The van der Waals surface area contributed by atoms with Crippen LogP contribution < -0.4 is 0 Å². The van der Waals surface area contributed by atoms with E-state index in [-0.39, 0.29) is 6.29 Å². The molecule has 1 heterocycles. The highest BCUT2D eigenvalue weighted by atomic mass is 16.7. The third-order valence-corrected chi connectivity index (χ3v) is 3.98. The van der Waals surface area contributed by atoms with Gasteiger partial charge in [-0.3, -0.25) is 0 Å². The van der Waals surface area contributed by atoms with E-state index in [9.17, 15) is 5.21 Å². The van der Waals surface area contributed by atoms with E-state index < -0.39 is 0 Å². The van der Waals surface area contributed by atoms with Gasteiger partial charge in [0, 0.05) is 17.7 Å². The van der Waals surface area contributed by atoms with Crippen LogP contribution in [-0.2, 0) is 16.1 Å². The Morgan fingerprint density at radius 3 is 2.61 bits per heavy atom. The summed E-state index contributed by atoms with van der Waals surface area (Å²) >= 11 is 0. The molecule has 4 heteroatoms. The Kier molecular flexibility index (Phi) is 5.40. The monoisotopic (exact) mass is 311 g/mol. The zero-order valence-electron chi connectivity index (χ0n) is 13.0. The standard InChI is InChI=1S/C19H21NO3/c21-20-19(15-8-2-1-3-9-15)17-11-5-4-10-16(17)14-23-18-12-6-7-13-22-18/h1-5,8-11,18,21H,6-7,12-14H2/b20-19-. The van der Waals surface area contributed by atoms with E-state index in [1.165, 1.54) is 0 Å². The molecule has 1 aliphatic rings. The second-order valence-corrected chi connectivity index (χ2v) is 5.58. The number of hydrogen-bond acceptors (Lipinski definition) is 4. The first kappa shape index (κ1) is 15.7. The summed E-state index contributed by atoms with van der Waals surface area (Å²) in [5.41, 5.74) is 3.28. The van der Waals surface area contributed by atoms with Gasteiger partial charge in [-0.25, -0.2) is 0 Å². The molecule has 1 aliphatic heterocycles. The quantitative estimate of drug-likeness (QED) is 0.516. The van der Waals surface area contributed by atoms with Gasteiger partial charge in [0.25, 0.3) is 0 Å². The van der Waals surface area contributed by atoms with Gasteiger partial charge >= 0.3 is 0 Å². The summed E-state index contributed by atoms with van der Waals surface area (Å²) in [6.45, 7) is 1.20. The number of rotatable bonds is 5. The highest BCUT2D eigenvalue weighted by Gasteiger charge is 2.16. The van der Waals surface area contributed by atoms with Gasteiger partial charge < -0.3 is 14.7 Å². The summed E-state index contributed by atoms with van der Waals surface area (Å²) in [7, 11) is 0. The topological polar surface area (TPSA) is 51.1 Å². The second kappa shape index (κ2) is 7.90. The molecule has 1 N–H and O–H groups in total. The van der Waals surface area contributed by atoms with Crippen LogP contribution in [0, 0.1) is 0 Å². The molecule has 0 spiro atoms. The summed E-state index contributed by atoms with van der Waals surface area (Å²) in [5.74, 6) is 0. The summed E-state index contributed by atoms with van der Waals surface area (Å²) in [4.78, 5) is 0. The van der Waals surface area contributed by atoms with E-state index in [2.05, 4.69) is 5.16 Å². The first-order valence-corrected chi connectivity index (χ1v) is 7.97. The van der Waals surface area contributed by atoms with Gasteiger partial charge in [-0.1, -0.05) is 59.8 Å². The molecule has 2 aromatic carbocycles. The van der Waals surface area contributed by atoms with E-state index >= 15 is 0 Å². The zero-order valence-corrected chi connectivity index (χ0v) is 13.0. The van der Waals surface area contributed by atoms with Crippen LogP contribution >= 0.6 is 0 Å². The van der Waals surface area contributed by atoms with Gasteiger partial charge in [-0.15, -0.1) is 0 Å². The van der Waals surface area contributed by atoms with E-state index in [1.54, 1.807) is 0 Å². The molecule has 0 radical (unpaired) electrons. The average Bonchev–Trinajstić information content (AvgIpc) is 2.63. The lowest BCUT2D eigenvalue weighted by Gasteiger charge is -2.23. The highest BCUT2D eigenvalue weighted by Crippen LogP contribution is 2.20. The predicted molar refractivity (Wildman–Crippen MR) is 88.7 cm³/mol. The fourth-order valence-electron chi connectivity index (χ4n) is 2.77. The number of ether oxygens (including phenoxy) is 2. The lowest BCUT2D eigenvalue weighted by atomic mass is 9.98. The van der Waals surface area contributed by atoms with Gasteiger partial charge in [-0.2, -0.15) is 0 Å². The first-order valence-electron chi connectivity index (χ1n) is 7.97. The number of benzene rings is 2. The smallest absolute Gasteiger partial charge is 0.158 e. The average molecular weight is 311 g/mol. The van der Waals surface area contributed by atoms with E-state index in [0.717, 1.165) is 42.6 Å². The van der Waals surface area contributed by atoms with E-state index in [0.29, 0.717) is 12.3 Å². The molecule has 2 aromatic rings. The molecule has 4 nitrogen and oxygen atoms in total. The van der Waals surface area contributed by atoms with Crippen LogP contribution in [-0.4, -0.2) is 23.8 Å². The van der Waals surface area contributed by atoms with Gasteiger partial charge in [-0.05, 0) is 24.8 Å². The van der Waals surface area contributed by atoms with Crippen LogP contribution in [0.15, 0.2) is 59.8 Å². The molecule has 1 fully saturated rings. The lowest BCUT2D eigenvalue weighted by molar-refractivity contribution is -0.168. The van der Waals surface area contributed by atoms with Crippen LogP contribution in [0.2, 0.25) is 0 Å². The van der Waals surface area contributed by atoms with Crippen LogP contribution in [0.4, 0.5) is 0 Å². The Labute approximate surface area is 136 Å². The van der Waals surface area contributed by atoms with Crippen molar-refractivity contribution in [2.24, 2.45) is 5.16 Å². The van der Waals surface area contributed by atoms with Gasteiger partial charge in [0.2, 0.25) is 0 Å². The zero-order chi connectivity index (χ0) is 15.9. The maximum atomic E-state index is 9.50. The van der Waals surface area contributed by atoms with Crippen molar-refractivity contribution < 1.29 is 14.7 Å². The minimum absolute atomic E-state index is 0.136. The molecule has 0 aromatic heterocycles. The molecular weight excluding hydrogens is 290 g/mol. The molecule has 120 valence electrons. The van der Waals surface area contributed by atoms with Crippen molar-refractivity contribution in [3.05, 3.63) is 71.3 Å². The number of nitrogens with zero attached hydrogens (tertiary/aromatic N) is 1. The summed E-state index contributed by atoms with van der Waals surface area (Å²) in [6, 6.07) is 17.5. The molecule has 3 rings (SSSR count). The van der Waals surface area contributed by atoms with Crippen molar-refractivity contribution in [1.29, 1.82) is 0 Å². The third kappa shape index (κ3) is 3.97. The van der Waals surface area contributed by atoms with Crippen LogP contribution in [0.1, 0.15) is 36.0 Å². The molecule has 0 amide bonds. The molecule has 1 saturated heterocycles. The predicted octanol–water partition coefficient (Wildman–Crippen LogP) is 3.96. The van der Waals surface area contributed by atoms with Gasteiger partial charge in [0.15, 0.2) is 6.29 Å². The van der Waals surface area contributed by atoms with E-state index in [4.69, 9.17) is 9.47 Å². The SMILES string of the molecule is O/N=C(/c1ccccc1)c1ccccc1COC1CCCCO1. The molecule has 1 unspecified atom stereocenters. The molecule has 23 heavy (non-hydrogen) atoms.